The van der Waals surface area contributed by atoms with Gasteiger partial charge in [-0.05, 0) is 44.4 Å². The number of hydrazone groups is 1. The SMILES string of the molecule is CCOC(=O)Cc1csc(NN=Cc2ccccc2OCCN2CCCC(C)C2)n1. The van der Waals surface area contributed by atoms with Crippen molar-refractivity contribution in [2.24, 2.45) is 11.0 Å². The van der Waals surface area contributed by atoms with Crippen LogP contribution in [0.25, 0.3) is 0 Å². The summed E-state index contributed by atoms with van der Waals surface area (Å²) >= 11 is 1.40. The maximum atomic E-state index is 11.5. The van der Waals surface area contributed by atoms with Gasteiger partial charge >= 0.3 is 5.97 Å². The third-order valence-electron chi connectivity index (χ3n) is 4.87. The zero-order valence-electron chi connectivity index (χ0n) is 17.7. The molecule has 0 radical (unpaired) electrons. The lowest BCUT2D eigenvalue weighted by molar-refractivity contribution is -0.142. The van der Waals surface area contributed by atoms with Crippen LogP contribution in [0.3, 0.4) is 0 Å². The Hall–Kier alpha value is -2.45. The van der Waals surface area contributed by atoms with Gasteiger partial charge < -0.3 is 9.47 Å². The van der Waals surface area contributed by atoms with Crippen molar-refractivity contribution in [3.63, 3.8) is 0 Å². The quantitative estimate of drug-likeness (QED) is 0.351. The molecule has 0 aliphatic carbocycles. The molecule has 7 nitrogen and oxygen atoms in total. The van der Waals surface area contributed by atoms with Gasteiger partial charge in [0.15, 0.2) is 0 Å². The number of thiazole rings is 1. The normalized spacial score (nSPS) is 17.2. The number of ether oxygens (including phenoxy) is 2. The van der Waals surface area contributed by atoms with Crippen molar-refractivity contribution in [3.05, 3.63) is 40.9 Å². The summed E-state index contributed by atoms with van der Waals surface area (Å²) in [5, 5.41) is 6.73. The Bertz CT molecular complexity index is 839. The number of esters is 1. The van der Waals surface area contributed by atoms with E-state index in [0.717, 1.165) is 36.9 Å². The number of nitrogens with one attached hydrogen (secondary N) is 1. The zero-order valence-corrected chi connectivity index (χ0v) is 18.5. The van der Waals surface area contributed by atoms with E-state index in [2.05, 4.69) is 27.3 Å². The highest BCUT2D eigenvalue weighted by Crippen LogP contribution is 2.19. The third-order valence-corrected chi connectivity index (χ3v) is 5.67. The van der Waals surface area contributed by atoms with Crippen LogP contribution in [-0.4, -0.2) is 54.9 Å². The summed E-state index contributed by atoms with van der Waals surface area (Å²) in [6.07, 6.45) is 4.49. The summed E-state index contributed by atoms with van der Waals surface area (Å²) < 4.78 is 11.0. The first kappa shape index (κ1) is 22.2. The Morgan fingerprint density at radius 2 is 2.30 bits per heavy atom. The summed E-state index contributed by atoms with van der Waals surface area (Å²) in [5.41, 5.74) is 4.50. The van der Waals surface area contributed by atoms with Crippen molar-refractivity contribution in [1.29, 1.82) is 0 Å². The summed E-state index contributed by atoms with van der Waals surface area (Å²) in [7, 11) is 0. The van der Waals surface area contributed by atoms with Crippen LogP contribution in [0.5, 0.6) is 5.75 Å². The molecule has 162 valence electrons. The number of aromatic nitrogens is 1. The highest BCUT2D eigenvalue weighted by molar-refractivity contribution is 7.13. The molecule has 2 heterocycles. The zero-order chi connectivity index (χ0) is 21.2. The van der Waals surface area contributed by atoms with E-state index in [1.54, 1.807) is 13.1 Å². The van der Waals surface area contributed by atoms with Crippen LogP contribution < -0.4 is 10.2 Å². The molecule has 1 aliphatic rings. The highest BCUT2D eigenvalue weighted by atomic mass is 32.1. The van der Waals surface area contributed by atoms with E-state index in [1.165, 1.54) is 24.2 Å². The Labute approximate surface area is 182 Å². The number of likely N-dealkylation sites (tertiary alicyclic amines) is 1. The molecular weight excluding hydrogens is 400 g/mol. The van der Waals surface area contributed by atoms with Gasteiger partial charge in [-0.1, -0.05) is 19.1 Å². The van der Waals surface area contributed by atoms with Crippen molar-refractivity contribution in [1.82, 2.24) is 9.88 Å². The minimum Gasteiger partial charge on any atom is -0.492 e. The smallest absolute Gasteiger partial charge is 0.311 e. The van der Waals surface area contributed by atoms with E-state index >= 15 is 0 Å². The molecule has 3 rings (SSSR count). The Balaban J connectivity index is 1.49. The van der Waals surface area contributed by atoms with Crippen LogP contribution in [0.4, 0.5) is 5.13 Å². The summed E-state index contributed by atoms with van der Waals surface area (Å²) in [5.74, 6) is 1.31. The van der Waals surface area contributed by atoms with Crippen LogP contribution in [0.15, 0.2) is 34.7 Å². The van der Waals surface area contributed by atoms with Gasteiger partial charge in [0.2, 0.25) is 5.13 Å². The minimum absolute atomic E-state index is 0.169. The Kier molecular flexibility index (Phi) is 8.65. The highest BCUT2D eigenvalue weighted by Gasteiger charge is 2.15. The molecule has 8 heteroatoms. The largest absolute Gasteiger partial charge is 0.492 e. The van der Waals surface area contributed by atoms with Gasteiger partial charge in [0.1, 0.15) is 12.4 Å². The average Bonchev–Trinajstić information content (AvgIpc) is 3.16. The molecule has 30 heavy (non-hydrogen) atoms. The molecule has 0 saturated carbocycles. The van der Waals surface area contributed by atoms with Crippen LogP contribution in [-0.2, 0) is 16.0 Å². The van der Waals surface area contributed by atoms with Gasteiger partial charge in [-0.2, -0.15) is 5.10 Å². The maximum Gasteiger partial charge on any atom is 0.311 e. The van der Waals surface area contributed by atoms with Gasteiger partial charge in [0.25, 0.3) is 0 Å². The summed E-state index contributed by atoms with van der Waals surface area (Å²) in [4.78, 5) is 18.4. The van der Waals surface area contributed by atoms with E-state index in [9.17, 15) is 4.79 Å². The molecule has 1 aliphatic heterocycles. The summed E-state index contributed by atoms with van der Waals surface area (Å²) in [6.45, 7) is 8.39. The van der Waals surface area contributed by atoms with E-state index in [0.29, 0.717) is 24.0 Å². The van der Waals surface area contributed by atoms with E-state index in [4.69, 9.17) is 9.47 Å². The number of benzene rings is 1. The number of piperidine rings is 1. The van der Waals surface area contributed by atoms with Crippen LogP contribution in [0.1, 0.15) is 37.9 Å². The second kappa shape index (κ2) is 11.7. The molecule has 1 aromatic carbocycles. The van der Waals surface area contributed by atoms with E-state index < -0.39 is 0 Å². The topological polar surface area (TPSA) is 76.1 Å². The first-order chi connectivity index (χ1) is 14.6. The monoisotopic (exact) mass is 430 g/mol. The van der Waals surface area contributed by atoms with E-state index in [1.807, 2.05) is 29.6 Å². The molecule has 0 amide bonds. The molecule has 1 unspecified atom stereocenters. The maximum absolute atomic E-state index is 11.5. The van der Waals surface area contributed by atoms with Crippen molar-refractivity contribution < 1.29 is 14.3 Å². The molecule has 1 atom stereocenters. The molecule has 2 aromatic rings. The predicted molar refractivity (Wildman–Crippen MR) is 120 cm³/mol. The lowest BCUT2D eigenvalue weighted by Crippen LogP contribution is -2.37. The van der Waals surface area contributed by atoms with Crippen molar-refractivity contribution in [3.8, 4) is 5.75 Å². The fourth-order valence-corrected chi connectivity index (χ4v) is 4.11. The number of hydrogen-bond acceptors (Lipinski definition) is 8. The molecular formula is C22H30N4O3S. The first-order valence-corrected chi connectivity index (χ1v) is 11.3. The fraction of sp³-hybridized carbons (Fsp3) is 0.500. The number of nitrogens with zero attached hydrogens (tertiary/aromatic N) is 3. The Morgan fingerprint density at radius 1 is 1.43 bits per heavy atom. The number of anilines is 1. The Morgan fingerprint density at radius 3 is 3.13 bits per heavy atom. The van der Waals surface area contributed by atoms with Gasteiger partial charge in [-0.15, -0.1) is 11.3 Å². The first-order valence-electron chi connectivity index (χ1n) is 10.5. The van der Waals surface area contributed by atoms with Crippen LogP contribution in [0, 0.1) is 5.92 Å². The molecule has 1 saturated heterocycles. The van der Waals surface area contributed by atoms with Gasteiger partial charge in [-0.3, -0.25) is 15.1 Å². The lowest BCUT2D eigenvalue weighted by atomic mass is 10.0. The van der Waals surface area contributed by atoms with Gasteiger partial charge in [0.05, 0.1) is 24.9 Å². The fourth-order valence-electron chi connectivity index (χ4n) is 3.45. The molecule has 0 spiro atoms. The average molecular weight is 431 g/mol. The second-order valence-electron chi connectivity index (χ2n) is 7.43. The van der Waals surface area contributed by atoms with Crippen molar-refractivity contribution in [2.75, 3.05) is 38.3 Å². The summed E-state index contributed by atoms with van der Waals surface area (Å²) in [6, 6.07) is 7.85. The second-order valence-corrected chi connectivity index (χ2v) is 8.29. The van der Waals surface area contributed by atoms with Crippen molar-refractivity contribution in [2.45, 2.75) is 33.1 Å². The number of carbonyl (C=O) groups is 1. The third kappa shape index (κ3) is 7.11. The molecule has 1 N–H and O–H groups in total. The number of carbonyl (C=O) groups excluding carboxylic acids is 1. The minimum atomic E-state index is -0.275. The van der Waals surface area contributed by atoms with E-state index in [-0.39, 0.29) is 12.4 Å². The van der Waals surface area contributed by atoms with Crippen LogP contribution >= 0.6 is 11.3 Å². The predicted octanol–water partition coefficient (Wildman–Crippen LogP) is 3.81. The number of hydrogen-bond donors (Lipinski definition) is 1. The number of rotatable bonds is 10. The van der Waals surface area contributed by atoms with Gasteiger partial charge in [0, 0.05) is 24.0 Å². The van der Waals surface area contributed by atoms with Crippen molar-refractivity contribution >= 4 is 28.7 Å². The molecule has 0 bridgehead atoms. The number of para-hydroxylation sites is 1. The van der Waals surface area contributed by atoms with Gasteiger partial charge in [-0.25, -0.2) is 4.98 Å². The lowest BCUT2D eigenvalue weighted by Gasteiger charge is -2.30. The molecule has 1 aromatic heterocycles. The van der Waals surface area contributed by atoms with Crippen LogP contribution in [0.2, 0.25) is 0 Å². The standard InChI is InChI=1S/C22H30N4O3S/c1-3-28-21(27)13-19-16-30-22(24-19)25-23-14-18-8-4-5-9-20(18)29-12-11-26-10-6-7-17(2)15-26/h4-5,8-9,14,16-17H,3,6-7,10-13,15H2,1-2H3,(H,24,25). The molecule has 1 fully saturated rings.